The first-order chi connectivity index (χ1) is 10.8. The van der Waals surface area contributed by atoms with E-state index in [-0.39, 0.29) is 11.7 Å². The summed E-state index contributed by atoms with van der Waals surface area (Å²) < 4.78 is 38.8. The zero-order valence-corrected chi connectivity index (χ0v) is 12.9. The van der Waals surface area contributed by atoms with E-state index in [1.54, 1.807) is 0 Å². The fourth-order valence-corrected chi connectivity index (χ4v) is 3.10. The van der Waals surface area contributed by atoms with Gasteiger partial charge in [0.2, 0.25) is 0 Å². The number of carbonyl (C=O) groups is 1. The van der Waals surface area contributed by atoms with Gasteiger partial charge < -0.3 is 10.6 Å². The number of hydrogen-bond acceptors (Lipinski definition) is 2. The molecular formula is C16H20F3N3O. The Morgan fingerprint density at radius 3 is 2.57 bits per heavy atom. The van der Waals surface area contributed by atoms with Gasteiger partial charge in [-0.05, 0) is 30.9 Å². The molecule has 1 saturated heterocycles. The predicted molar refractivity (Wildman–Crippen MR) is 81.1 cm³/mol. The summed E-state index contributed by atoms with van der Waals surface area (Å²) >= 11 is 0. The van der Waals surface area contributed by atoms with Gasteiger partial charge in [-0.2, -0.15) is 13.2 Å². The number of carbonyl (C=O) groups excluding carboxylic acids is 1. The van der Waals surface area contributed by atoms with Crippen molar-refractivity contribution in [3.8, 4) is 0 Å². The number of urea groups is 1. The average molecular weight is 327 g/mol. The van der Waals surface area contributed by atoms with Gasteiger partial charge >= 0.3 is 12.2 Å². The van der Waals surface area contributed by atoms with Gasteiger partial charge in [-0.1, -0.05) is 19.1 Å². The van der Waals surface area contributed by atoms with Crippen molar-refractivity contribution in [3.63, 3.8) is 0 Å². The van der Waals surface area contributed by atoms with E-state index >= 15 is 0 Å². The van der Waals surface area contributed by atoms with E-state index in [0.717, 1.165) is 19.2 Å². The normalized spacial score (nSPS) is 25.4. The number of hydrogen-bond donors (Lipinski definition) is 2. The molecular weight excluding hydrogens is 307 g/mol. The van der Waals surface area contributed by atoms with Crippen LogP contribution < -0.4 is 10.6 Å². The molecule has 0 radical (unpaired) electrons. The van der Waals surface area contributed by atoms with E-state index < -0.39 is 17.8 Å². The van der Waals surface area contributed by atoms with Gasteiger partial charge in [-0.25, -0.2) is 4.79 Å². The second-order valence-electron chi connectivity index (χ2n) is 6.41. The zero-order valence-electron chi connectivity index (χ0n) is 12.9. The van der Waals surface area contributed by atoms with Crippen LogP contribution in [0.3, 0.4) is 0 Å². The van der Waals surface area contributed by atoms with E-state index in [1.807, 2.05) is 0 Å². The molecule has 1 heterocycles. The van der Waals surface area contributed by atoms with Crippen LogP contribution >= 0.6 is 0 Å². The summed E-state index contributed by atoms with van der Waals surface area (Å²) in [7, 11) is 0. The minimum Gasteiger partial charge on any atom is -0.334 e. The Kier molecular flexibility index (Phi) is 4.23. The number of alkyl halides is 3. The highest BCUT2D eigenvalue weighted by Gasteiger charge is 2.39. The van der Waals surface area contributed by atoms with E-state index in [1.165, 1.54) is 31.0 Å². The molecule has 2 aliphatic rings. The Bertz CT molecular complexity index is 586. The molecule has 1 saturated carbocycles. The Labute approximate surface area is 133 Å². The highest BCUT2D eigenvalue weighted by atomic mass is 19.4. The van der Waals surface area contributed by atoms with Crippen LogP contribution in [0.25, 0.3) is 0 Å². The van der Waals surface area contributed by atoms with Crippen LogP contribution in [0.4, 0.5) is 23.7 Å². The average Bonchev–Trinajstić information content (AvgIpc) is 3.24. The smallest absolute Gasteiger partial charge is 0.334 e. The Balaban J connectivity index is 1.62. The second-order valence-corrected chi connectivity index (χ2v) is 6.41. The van der Waals surface area contributed by atoms with Crippen molar-refractivity contribution >= 4 is 11.7 Å². The molecule has 7 heteroatoms. The summed E-state index contributed by atoms with van der Waals surface area (Å²) in [4.78, 5) is 14.4. The van der Waals surface area contributed by atoms with Crippen LogP contribution in [-0.2, 0) is 6.18 Å². The SMILES string of the molecule is C[C@@H]1CN(C2CC2)C[C@H]1NC(=O)Nc1ccccc1C(F)(F)F. The summed E-state index contributed by atoms with van der Waals surface area (Å²) in [6.07, 6.45) is -2.09. The van der Waals surface area contributed by atoms with Crippen LogP contribution in [0.15, 0.2) is 24.3 Å². The molecule has 1 aromatic carbocycles. The summed E-state index contributed by atoms with van der Waals surface area (Å²) in [5.41, 5.74) is -1.06. The van der Waals surface area contributed by atoms with Crippen molar-refractivity contribution in [1.82, 2.24) is 10.2 Å². The third kappa shape index (κ3) is 3.77. The maximum Gasteiger partial charge on any atom is 0.418 e. The first-order valence-corrected chi connectivity index (χ1v) is 7.82. The molecule has 0 aromatic heterocycles. The largest absolute Gasteiger partial charge is 0.418 e. The molecule has 23 heavy (non-hydrogen) atoms. The quantitative estimate of drug-likeness (QED) is 0.894. The third-order valence-corrected chi connectivity index (χ3v) is 4.50. The lowest BCUT2D eigenvalue weighted by molar-refractivity contribution is -0.136. The fourth-order valence-electron chi connectivity index (χ4n) is 3.10. The van der Waals surface area contributed by atoms with Gasteiger partial charge in [0.15, 0.2) is 0 Å². The van der Waals surface area contributed by atoms with Crippen molar-refractivity contribution in [2.75, 3.05) is 18.4 Å². The van der Waals surface area contributed by atoms with Gasteiger partial charge in [-0.15, -0.1) is 0 Å². The highest BCUT2D eigenvalue weighted by molar-refractivity contribution is 5.90. The van der Waals surface area contributed by atoms with E-state index in [4.69, 9.17) is 0 Å². The molecule has 4 nitrogen and oxygen atoms in total. The monoisotopic (exact) mass is 327 g/mol. The second kappa shape index (κ2) is 6.03. The summed E-state index contributed by atoms with van der Waals surface area (Å²) in [6, 6.07) is 5.00. The lowest BCUT2D eigenvalue weighted by atomic mass is 10.1. The van der Waals surface area contributed by atoms with Crippen LogP contribution in [0.1, 0.15) is 25.3 Å². The van der Waals surface area contributed by atoms with Crippen molar-refractivity contribution in [2.24, 2.45) is 5.92 Å². The van der Waals surface area contributed by atoms with Gasteiger partial charge in [0.25, 0.3) is 0 Å². The Hall–Kier alpha value is -1.76. The molecule has 0 unspecified atom stereocenters. The van der Waals surface area contributed by atoms with Gasteiger partial charge in [0.1, 0.15) is 0 Å². The van der Waals surface area contributed by atoms with Gasteiger partial charge in [0, 0.05) is 25.2 Å². The Morgan fingerprint density at radius 1 is 1.22 bits per heavy atom. The number of benzene rings is 1. The molecule has 2 atom stereocenters. The number of nitrogens with zero attached hydrogens (tertiary/aromatic N) is 1. The predicted octanol–water partition coefficient (Wildman–Crippen LogP) is 3.31. The number of amides is 2. The highest BCUT2D eigenvalue weighted by Crippen LogP contribution is 2.35. The van der Waals surface area contributed by atoms with Crippen LogP contribution in [-0.4, -0.2) is 36.1 Å². The van der Waals surface area contributed by atoms with Crippen molar-refractivity contribution in [1.29, 1.82) is 0 Å². The summed E-state index contributed by atoms with van der Waals surface area (Å²) in [5, 5.41) is 5.14. The minimum atomic E-state index is -4.49. The van der Waals surface area contributed by atoms with E-state index in [0.29, 0.717) is 12.0 Å². The lowest BCUT2D eigenvalue weighted by Crippen LogP contribution is -2.42. The van der Waals surface area contributed by atoms with E-state index in [2.05, 4.69) is 22.5 Å². The number of rotatable bonds is 3. The van der Waals surface area contributed by atoms with Crippen LogP contribution in [0.5, 0.6) is 0 Å². The maximum atomic E-state index is 12.9. The molecule has 2 amide bonds. The molecule has 0 bridgehead atoms. The molecule has 1 aliphatic heterocycles. The third-order valence-electron chi connectivity index (χ3n) is 4.50. The van der Waals surface area contributed by atoms with Crippen LogP contribution in [0.2, 0.25) is 0 Å². The number of likely N-dealkylation sites (tertiary alicyclic amines) is 1. The standard InChI is InChI=1S/C16H20F3N3O/c1-10-8-22(11-6-7-11)9-14(10)21-15(23)20-13-5-3-2-4-12(13)16(17,18)19/h2-5,10-11,14H,6-9H2,1H3,(H2,20,21,23)/t10-,14-/m1/s1. The number of nitrogens with one attached hydrogen (secondary N) is 2. The molecule has 0 spiro atoms. The number of halogens is 3. The van der Waals surface area contributed by atoms with Crippen molar-refractivity contribution < 1.29 is 18.0 Å². The summed E-state index contributed by atoms with van der Waals surface area (Å²) in [5.74, 6) is 0.291. The molecule has 1 aliphatic carbocycles. The van der Waals surface area contributed by atoms with Crippen LogP contribution in [0, 0.1) is 5.92 Å². The maximum absolute atomic E-state index is 12.9. The van der Waals surface area contributed by atoms with Gasteiger partial charge in [-0.3, -0.25) is 4.90 Å². The topological polar surface area (TPSA) is 44.4 Å². The minimum absolute atomic E-state index is 0.0337. The number of para-hydroxylation sites is 1. The molecule has 2 fully saturated rings. The first kappa shape index (κ1) is 16.1. The Morgan fingerprint density at radius 2 is 1.91 bits per heavy atom. The molecule has 2 N–H and O–H groups in total. The van der Waals surface area contributed by atoms with Crippen molar-refractivity contribution in [3.05, 3.63) is 29.8 Å². The fraction of sp³-hybridized carbons (Fsp3) is 0.562. The zero-order chi connectivity index (χ0) is 16.6. The lowest BCUT2D eigenvalue weighted by Gasteiger charge is -2.19. The molecule has 126 valence electrons. The molecule has 1 aromatic rings. The first-order valence-electron chi connectivity index (χ1n) is 7.82. The van der Waals surface area contributed by atoms with E-state index in [9.17, 15) is 18.0 Å². The summed E-state index contributed by atoms with van der Waals surface area (Å²) in [6.45, 7) is 3.74. The number of anilines is 1. The van der Waals surface area contributed by atoms with Crippen molar-refractivity contribution in [2.45, 2.75) is 38.0 Å². The van der Waals surface area contributed by atoms with Gasteiger partial charge in [0.05, 0.1) is 11.3 Å². The molecule has 3 rings (SSSR count).